The molecular weight excluding hydrogens is 279 g/mol. The van der Waals surface area contributed by atoms with E-state index in [4.69, 9.17) is 0 Å². The van der Waals surface area contributed by atoms with Crippen LogP contribution in [0.5, 0.6) is 0 Å². The van der Waals surface area contributed by atoms with E-state index in [9.17, 15) is 14.6 Å². The van der Waals surface area contributed by atoms with Crippen LogP contribution in [0, 0.1) is 28.6 Å². The van der Waals surface area contributed by atoms with Crippen LogP contribution in [-0.2, 0) is 0 Å². The molecule has 0 bridgehead atoms. The van der Waals surface area contributed by atoms with Gasteiger partial charge in [-0.1, -0.05) is 25.5 Å². The fraction of sp³-hybridized carbons (Fsp3) is 0.895. The molecule has 22 heavy (non-hydrogen) atoms. The number of halogens is 1. The molecule has 0 aliphatic heterocycles. The molecule has 4 aliphatic carbocycles. The average Bonchev–Trinajstić information content (AvgIpc) is 2.76. The zero-order valence-corrected chi connectivity index (χ0v) is 13.8. The maximum Gasteiger partial charge on any atom is 0.210 e. The Morgan fingerprint density at radius 2 is 1.86 bits per heavy atom. The van der Waals surface area contributed by atoms with Crippen molar-refractivity contribution >= 4 is 0 Å². The molecule has 3 fully saturated rings. The number of fused-ring (bicyclic) bond motifs is 5. The molecule has 0 aromatic heterocycles. The molecule has 124 valence electrons. The Hall–Kier alpha value is -0.410. The van der Waals surface area contributed by atoms with Gasteiger partial charge in [-0.05, 0) is 67.1 Å². The lowest BCUT2D eigenvalue weighted by molar-refractivity contribution is -0.135. The van der Waals surface area contributed by atoms with Crippen molar-refractivity contribution in [3.8, 4) is 0 Å². The largest absolute Gasteiger partial charge is 0.393 e. The molecule has 0 radical (unpaired) electrons. The third kappa shape index (κ3) is 1.91. The lowest BCUT2D eigenvalue weighted by atomic mass is 9.48. The molecule has 0 aromatic carbocycles. The molecule has 7 atom stereocenters. The molecule has 0 saturated heterocycles. The van der Waals surface area contributed by atoms with Gasteiger partial charge in [-0.25, -0.2) is 4.39 Å². The highest BCUT2D eigenvalue weighted by Crippen LogP contribution is 2.65. The first-order valence-corrected chi connectivity index (χ1v) is 9.05. The highest BCUT2D eigenvalue weighted by atomic mass is 19.2. The molecule has 0 aromatic rings. The fourth-order valence-corrected chi connectivity index (χ4v) is 6.58. The van der Waals surface area contributed by atoms with Crippen molar-refractivity contribution in [3.63, 3.8) is 0 Å². The number of aliphatic hydroxyl groups excluding tert-OH is 1. The predicted molar refractivity (Wildman–Crippen MR) is 83.8 cm³/mol. The van der Waals surface area contributed by atoms with E-state index >= 15 is 0 Å². The van der Waals surface area contributed by atoms with Gasteiger partial charge in [0.25, 0.3) is 0 Å². The summed E-state index contributed by atoms with van der Waals surface area (Å²) in [5, 5.41) is 20.3. The van der Waals surface area contributed by atoms with Crippen LogP contribution >= 0.6 is 0 Å². The highest BCUT2D eigenvalue weighted by molar-refractivity contribution is 5.26. The summed E-state index contributed by atoms with van der Waals surface area (Å²) >= 11 is 0. The van der Waals surface area contributed by atoms with Crippen molar-refractivity contribution in [1.82, 2.24) is 0 Å². The standard InChI is InChI=1S/C19H29FO2/c1-17-9-10-19(20,22)11-12(17)3-4-13-14-5-6-16(21)18(14,2)8-7-15(13)17/h3,13-16,21-22H,4-11H2,1-2H3/t13-,14-,15-,16-,17-,18-,19?/m0/s1. The first-order valence-electron chi connectivity index (χ1n) is 9.05. The Labute approximate surface area is 132 Å². The molecular formula is C19H29FO2. The molecule has 2 N–H and O–H groups in total. The van der Waals surface area contributed by atoms with Crippen LogP contribution in [0.4, 0.5) is 4.39 Å². The second kappa shape index (κ2) is 4.57. The van der Waals surface area contributed by atoms with Crippen molar-refractivity contribution in [2.24, 2.45) is 28.6 Å². The number of rotatable bonds is 0. The van der Waals surface area contributed by atoms with Crippen molar-refractivity contribution in [2.45, 2.75) is 77.2 Å². The van der Waals surface area contributed by atoms with Gasteiger partial charge in [0.1, 0.15) is 0 Å². The summed E-state index contributed by atoms with van der Waals surface area (Å²) < 4.78 is 14.0. The third-order valence-electron chi connectivity index (χ3n) is 8.06. The first-order chi connectivity index (χ1) is 10.3. The van der Waals surface area contributed by atoms with Gasteiger partial charge in [-0.2, -0.15) is 0 Å². The highest BCUT2D eigenvalue weighted by Gasteiger charge is 2.59. The molecule has 0 heterocycles. The van der Waals surface area contributed by atoms with Crippen LogP contribution in [0.15, 0.2) is 11.6 Å². The van der Waals surface area contributed by atoms with Crippen LogP contribution in [-0.4, -0.2) is 22.2 Å². The summed E-state index contributed by atoms with van der Waals surface area (Å²) in [5.41, 5.74) is 1.32. The molecule has 1 unspecified atom stereocenters. The van der Waals surface area contributed by atoms with E-state index in [0.717, 1.165) is 44.1 Å². The Kier molecular flexibility index (Phi) is 3.14. The van der Waals surface area contributed by atoms with Crippen LogP contribution in [0.1, 0.15) is 65.2 Å². The maximum absolute atomic E-state index is 14.0. The normalized spacial score (nSPS) is 57.6. The van der Waals surface area contributed by atoms with Gasteiger partial charge in [0.2, 0.25) is 5.85 Å². The van der Waals surface area contributed by atoms with Crippen molar-refractivity contribution in [1.29, 1.82) is 0 Å². The number of aliphatic hydroxyl groups is 2. The number of hydrogen-bond donors (Lipinski definition) is 2. The Bertz CT molecular complexity index is 514. The lowest BCUT2D eigenvalue weighted by Crippen LogP contribution is -2.52. The molecule has 3 saturated carbocycles. The Morgan fingerprint density at radius 3 is 2.64 bits per heavy atom. The molecule has 0 amide bonds. The maximum atomic E-state index is 14.0. The quantitative estimate of drug-likeness (QED) is 0.665. The molecule has 4 aliphatic rings. The van der Waals surface area contributed by atoms with Gasteiger partial charge in [0.05, 0.1) is 6.10 Å². The van der Waals surface area contributed by atoms with E-state index in [1.807, 2.05) is 0 Å². The Balaban J connectivity index is 1.67. The van der Waals surface area contributed by atoms with Gasteiger partial charge in [0.15, 0.2) is 0 Å². The minimum Gasteiger partial charge on any atom is -0.393 e. The predicted octanol–water partition coefficient (Wildman–Crippen LogP) is 3.97. The zero-order valence-electron chi connectivity index (χ0n) is 13.8. The van der Waals surface area contributed by atoms with E-state index in [2.05, 4.69) is 19.9 Å². The van der Waals surface area contributed by atoms with E-state index in [-0.39, 0.29) is 29.8 Å². The second-order valence-corrected chi connectivity index (χ2v) is 8.99. The van der Waals surface area contributed by atoms with Crippen LogP contribution in [0.25, 0.3) is 0 Å². The monoisotopic (exact) mass is 308 g/mol. The van der Waals surface area contributed by atoms with Gasteiger partial charge in [-0.3, -0.25) is 0 Å². The minimum absolute atomic E-state index is 0.0656. The summed E-state index contributed by atoms with van der Waals surface area (Å²) in [6.45, 7) is 4.59. The fourth-order valence-electron chi connectivity index (χ4n) is 6.58. The van der Waals surface area contributed by atoms with Gasteiger partial charge in [0, 0.05) is 12.8 Å². The number of hydrogen-bond acceptors (Lipinski definition) is 2. The second-order valence-electron chi connectivity index (χ2n) is 8.99. The Morgan fingerprint density at radius 1 is 1.09 bits per heavy atom. The molecule has 4 rings (SSSR count). The SMILES string of the molecule is C[C@]12CC[C@H]3[C@@H](CC=C4CC(O)(F)CC[C@@]43C)[C@@H]1CC[C@@H]2O. The van der Waals surface area contributed by atoms with Gasteiger partial charge in [-0.15, -0.1) is 0 Å². The smallest absolute Gasteiger partial charge is 0.210 e. The van der Waals surface area contributed by atoms with Crippen molar-refractivity contribution in [2.75, 3.05) is 0 Å². The number of allylic oxidation sites excluding steroid dienone is 1. The zero-order chi connectivity index (χ0) is 15.8. The summed E-state index contributed by atoms with van der Waals surface area (Å²) in [7, 11) is 0. The van der Waals surface area contributed by atoms with Gasteiger partial charge >= 0.3 is 0 Å². The van der Waals surface area contributed by atoms with Crippen LogP contribution in [0.2, 0.25) is 0 Å². The topological polar surface area (TPSA) is 40.5 Å². The van der Waals surface area contributed by atoms with Crippen LogP contribution in [0.3, 0.4) is 0 Å². The van der Waals surface area contributed by atoms with Crippen molar-refractivity contribution in [3.05, 3.63) is 11.6 Å². The first kappa shape index (κ1) is 15.1. The van der Waals surface area contributed by atoms with E-state index in [1.165, 1.54) is 0 Å². The summed E-state index contributed by atoms with van der Waals surface area (Å²) in [6, 6.07) is 0. The summed E-state index contributed by atoms with van der Waals surface area (Å²) in [6.07, 6.45) is 8.69. The van der Waals surface area contributed by atoms with Crippen molar-refractivity contribution < 1.29 is 14.6 Å². The van der Waals surface area contributed by atoms with E-state index in [0.29, 0.717) is 17.8 Å². The molecule has 0 spiro atoms. The lowest BCUT2D eigenvalue weighted by Gasteiger charge is -2.58. The third-order valence-corrected chi connectivity index (χ3v) is 8.06. The average molecular weight is 308 g/mol. The van der Waals surface area contributed by atoms with E-state index in [1.54, 1.807) is 0 Å². The van der Waals surface area contributed by atoms with E-state index < -0.39 is 5.85 Å². The summed E-state index contributed by atoms with van der Waals surface area (Å²) in [4.78, 5) is 0. The number of alkyl halides is 1. The van der Waals surface area contributed by atoms with Crippen LogP contribution < -0.4 is 0 Å². The molecule has 2 nitrogen and oxygen atoms in total. The van der Waals surface area contributed by atoms with Gasteiger partial charge < -0.3 is 10.2 Å². The minimum atomic E-state index is -2.00. The summed E-state index contributed by atoms with van der Waals surface area (Å²) in [5.74, 6) is -0.144. The molecule has 3 heteroatoms.